The molecular formula is C16H18S2. The van der Waals surface area contributed by atoms with Crippen LogP contribution in [-0.4, -0.2) is 0 Å². The van der Waals surface area contributed by atoms with Crippen molar-refractivity contribution in [3.8, 4) is 0 Å². The Bertz CT molecular complexity index is 612. The summed E-state index contributed by atoms with van der Waals surface area (Å²) in [6.07, 6.45) is 2.26. The van der Waals surface area contributed by atoms with Gasteiger partial charge in [-0.25, -0.2) is 0 Å². The van der Waals surface area contributed by atoms with Crippen molar-refractivity contribution in [3.63, 3.8) is 0 Å². The maximum absolute atomic E-state index is 2.38. The fraction of sp³-hybridized carbons (Fsp3) is 0.375. The molecule has 0 aliphatic carbocycles. The van der Waals surface area contributed by atoms with Crippen LogP contribution in [0.3, 0.4) is 0 Å². The summed E-state index contributed by atoms with van der Waals surface area (Å²) in [5.41, 5.74) is 3.11. The van der Waals surface area contributed by atoms with E-state index in [1.165, 1.54) is 29.9 Å². The van der Waals surface area contributed by atoms with Gasteiger partial charge in [0.2, 0.25) is 0 Å². The predicted molar refractivity (Wildman–Crippen MR) is 85.4 cm³/mol. The first-order chi connectivity index (χ1) is 8.65. The molecule has 0 aliphatic rings. The molecule has 0 N–H and O–H groups in total. The molecule has 0 aliphatic heterocycles. The molecule has 2 aromatic heterocycles. The highest BCUT2D eigenvalue weighted by Crippen LogP contribution is 2.41. The van der Waals surface area contributed by atoms with Gasteiger partial charge in [0.1, 0.15) is 0 Å². The summed E-state index contributed by atoms with van der Waals surface area (Å²) < 4.78 is 3.06. The van der Waals surface area contributed by atoms with Crippen molar-refractivity contribution in [2.24, 2.45) is 0 Å². The summed E-state index contributed by atoms with van der Waals surface area (Å²) in [5, 5.41) is 3.00. The molecule has 0 atom stereocenters. The van der Waals surface area contributed by atoms with Crippen molar-refractivity contribution in [2.45, 2.75) is 40.5 Å². The maximum atomic E-state index is 2.38. The molecule has 0 amide bonds. The average Bonchev–Trinajstić information content (AvgIpc) is 2.87. The van der Waals surface area contributed by atoms with E-state index in [4.69, 9.17) is 0 Å². The molecular weight excluding hydrogens is 256 g/mol. The van der Waals surface area contributed by atoms with Gasteiger partial charge < -0.3 is 0 Å². The van der Waals surface area contributed by atoms with Crippen LogP contribution in [-0.2, 0) is 12.8 Å². The summed E-state index contributed by atoms with van der Waals surface area (Å²) in [6.45, 7) is 9.01. The minimum Gasteiger partial charge on any atom is -0.140 e. The molecule has 3 aromatic rings. The van der Waals surface area contributed by atoms with Gasteiger partial charge in [-0.05, 0) is 60.7 Å². The molecule has 94 valence electrons. The third-order valence-corrected chi connectivity index (χ3v) is 5.84. The molecule has 0 nitrogen and oxygen atoms in total. The standard InChI is InChI=1S/C16H18S2/c1-5-11-13-7-9(3)17-15(13)12(6-2)16-14(11)8-10(4)18-16/h7-8H,5-6H2,1-4H3. The zero-order chi connectivity index (χ0) is 12.9. The molecule has 0 spiro atoms. The van der Waals surface area contributed by atoms with Crippen LogP contribution in [0.1, 0.15) is 34.7 Å². The van der Waals surface area contributed by atoms with E-state index in [-0.39, 0.29) is 0 Å². The van der Waals surface area contributed by atoms with E-state index < -0.39 is 0 Å². The van der Waals surface area contributed by atoms with Crippen LogP contribution >= 0.6 is 22.7 Å². The van der Waals surface area contributed by atoms with E-state index in [0.29, 0.717) is 0 Å². The molecule has 0 saturated carbocycles. The average molecular weight is 274 g/mol. The molecule has 0 bridgehead atoms. The quantitative estimate of drug-likeness (QED) is 0.549. The lowest BCUT2D eigenvalue weighted by Crippen LogP contribution is -1.88. The van der Waals surface area contributed by atoms with Crippen molar-refractivity contribution < 1.29 is 0 Å². The third kappa shape index (κ3) is 1.63. The molecule has 0 unspecified atom stereocenters. The van der Waals surface area contributed by atoms with E-state index in [0.717, 1.165) is 12.8 Å². The monoisotopic (exact) mass is 274 g/mol. The number of hydrogen-bond acceptors (Lipinski definition) is 2. The Hall–Kier alpha value is -0.860. The first-order valence-electron chi connectivity index (χ1n) is 6.59. The van der Waals surface area contributed by atoms with Gasteiger partial charge in [-0.2, -0.15) is 0 Å². The van der Waals surface area contributed by atoms with E-state index in [1.54, 1.807) is 11.1 Å². The van der Waals surface area contributed by atoms with Crippen molar-refractivity contribution in [1.82, 2.24) is 0 Å². The fourth-order valence-corrected chi connectivity index (χ4v) is 5.26. The lowest BCUT2D eigenvalue weighted by Gasteiger charge is -2.08. The lowest BCUT2D eigenvalue weighted by atomic mass is 9.99. The van der Waals surface area contributed by atoms with Gasteiger partial charge in [0.25, 0.3) is 0 Å². The zero-order valence-electron chi connectivity index (χ0n) is 11.4. The Labute approximate surface area is 116 Å². The largest absolute Gasteiger partial charge is 0.140 e. The molecule has 2 heterocycles. The highest BCUT2D eigenvalue weighted by Gasteiger charge is 2.15. The molecule has 18 heavy (non-hydrogen) atoms. The molecule has 1 aromatic carbocycles. The van der Waals surface area contributed by atoms with Gasteiger partial charge in [0.05, 0.1) is 0 Å². The Kier molecular flexibility index (Phi) is 2.95. The minimum atomic E-state index is 1.13. The highest BCUT2D eigenvalue weighted by molar-refractivity contribution is 7.21. The van der Waals surface area contributed by atoms with Crippen LogP contribution in [0.25, 0.3) is 20.2 Å². The second-order valence-corrected chi connectivity index (χ2v) is 7.38. The number of hydrogen-bond donors (Lipinski definition) is 0. The first-order valence-corrected chi connectivity index (χ1v) is 8.23. The number of thiophene rings is 2. The van der Waals surface area contributed by atoms with E-state index in [2.05, 4.69) is 39.8 Å². The number of benzene rings is 1. The summed E-state index contributed by atoms with van der Waals surface area (Å²) >= 11 is 3.93. The normalized spacial score (nSPS) is 11.8. The fourth-order valence-electron chi connectivity index (χ4n) is 2.88. The maximum Gasteiger partial charge on any atom is 0.0394 e. The summed E-state index contributed by atoms with van der Waals surface area (Å²) in [6, 6.07) is 4.76. The van der Waals surface area contributed by atoms with Crippen LogP contribution < -0.4 is 0 Å². The topological polar surface area (TPSA) is 0 Å². The second-order valence-electron chi connectivity index (χ2n) is 4.86. The van der Waals surface area contributed by atoms with Crippen molar-refractivity contribution in [1.29, 1.82) is 0 Å². The second kappa shape index (κ2) is 4.36. The number of fused-ring (bicyclic) bond motifs is 2. The first kappa shape index (κ1) is 12.2. The van der Waals surface area contributed by atoms with Gasteiger partial charge >= 0.3 is 0 Å². The zero-order valence-corrected chi connectivity index (χ0v) is 13.0. The van der Waals surface area contributed by atoms with E-state index >= 15 is 0 Å². The minimum absolute atomic E-state index is 1.13. The van der Waals surface area contributed by atoms with Crippen LogP contribution in [0.15, 0.2) is 12.1 Å². The Morgan fingerprint density at radius 3 is 1.61 bits per heavy atom. The molecule has 0 fully saturated rings. The number of aryl methyl sites for hydroxylation is 4. The summed E-state index contributed by atoms with van der Waals surface area (Å²) in [7, 11) is 0. The van der Waals surface area contributed by atoms with Crippen LogP contribution in [0.4, 0.5) is 0 Å². The number of rotatable bonds is 2. The SMILES string of the molecule is CCc1c2cc(C)sc2c(CC)c2sc(C)cc12. The van der Waals surface area contributed by atoms with Gasteiger partial charge in [-0.1, -0.05) is 13.8 Å². The van der Waals surface area contributed by atoms with Crippen LogP contribution in [0.5, 0.6) is 0 Å². The van der Waals surface area contributed by atoms with E-state index in [1.807, 2.05) is 22.7 Å². The van der Waals surface area contributed by atoms with Gasteiger partial charge in [0, 0.05) is 19.2 Å². The van der Waals surface area contributed by atoms with Crippen molar-refractivity contribution >= 4 is 42.8 Å². The van der Waals surface area contributed by atoms with Crippen LogP contribution in [0.2, 0.25) is 0 Å². The highest BCUT2D eigenvalue weighted by atomic mass is 32.1. The van der Waals surface area contributed by atoms with E-state index in [9.17, 15) is 0 Å². The Morgan fingerprint density at radius 2 is 1.22 bits per heavy atom. The molecule has 2 heteroatoms. The smallest absolute Gasteiger partial charge is 0.0394 e. The predicted octanol–water partition coefficient (Wildman–Crippen LogP) is 5.86. The Morgan fingerprint density at radius 1 is 0.778 bits per heavy atom. The third-order valence-electron chi connectivity index (χ3n) is 3.62. The van der Waals surface area contributed by atoms with Gasteiger partial charge in [0.15, 0.2) is 0 Å². The molecule has 0 radical (unpaired) electrons. The molecule has 0 saturated heterocycles. The van der Waals surface area contributed by atoms with Crippen molar-refractivity contribution in [2.75, 3.05) is 0 Å². The summed E-state index contributed by atoms with van der Waals surface area (Å²) in [5.74, 6) is 0. The Balaban J connectivity index is 2.58. The van der Waals surface area contributed by atoms with Crippen LogP contribution in [0, 0.1) is 13.8 Å². The summed E-state index contributed by atoms with van der Waals surface area (Å²) in [4.78, 5) is 2.87. The molecule has 3 rings (SSSR count). The van der Waals surface area contributed by atoms with Gasteiger partial charge in [-0.3, -0.25) is 0 Å². The van der Waals surface area contributed by atoms with Gasteiger partial charge in [-0.15, -0.1) is 22.7 Å². The lowest BCUT2D eigenvalue weighted by molar-refractivity contribution is 1.16. The van der Waals surface area contributed by atoms with Crippen molar-refractivity contribution in [3.05, 3.63) is 33.0 Å².